The minimum absolute atomic E-state index is 0.131. The molecule has 0 aliphatic heterocycles. The van der Waals surface area contributed by atoms with Crippen LogP contribution in [0.1, 0.15) is 17.8 Å². The Morgan fingerprint density at radius 1 is 0.375 bits per heavy atom. The summed E-state index contributed by atoms with van der Waals surface area (Å²) in [5, 5.41) is 3.39. The number of para-hydroxylation sites is 2. The van der Waals surface area contributed by atoms with Crippen molar-refractivity contribution in [1.29, 1.82) is 0 Å². The minimum atomic E-state index is -0.666. The summed E-state index contributed by atoms with van der Waals surface area (Å²) in [5.41, 5.74) is 4.27. The van der Waals surface area contributed by atoms with Crippen LogP contribution < -0.4 is 0 Å². The van der Waals surface area contributed by atoms with Gasteiger partial charge in [-0.1, -0.05) is 170 Å². The Hall–Kier alpha value is -7.63. The fraction of sp³-hybridized carbons (Fsp3) is 0. The van der Waals surface area contributed by atoms with Gasteiger partial charge in [0.25, 0.3) is 0 Å². The molecule has 56 heavy (non-hydrogen) atoms. The first-order chi connectivity index (χ1) is 33.2. The summed E-state index contributed by atoms with van der Waals surface area (Å²) >= 11 is 0. The lowest BCUT2D eigenvalue weighted by atomic mass is 10.0. The molecule has 0 amide bonds. The molecule has 0 aliphatic carbocycles. The second-order valence-electron chi connectivity index (χ2n) is 13.1. The fourth-order valence-corrected chi connectivity index (χ4v) is 7.50. The van der Waals surface area contributed by atoms with E-state index in [0.29, 0.717) is 11.0 Å². The molecular formula is C51H33N5. The van der Waals surface area contributed by atoms with Crippen molar-refractivity contribution in [3.8, 4) is 56.7 Å². The first kappa shape index (κ1) is 21.3. The van der Waals surface area contributed by atoms with E-state index < -0.39 is 95.8 Å². The van der Waals surface area contributed by atoms with Gasteiger partial charge in [-0.3, -0.25) is 4.57 Å². The first-order valence-electron chi connectivity index (χ1n) is 24.3. The van der Waals surface area contributed by atoms with Gasteiger partial charge in [0.15, 0.2) is 11.6 Å². The standard InChI is InChI=1S/C51H33N5/c1-4-16-34(17-5-1)37-22-14-24-39(32-37)50-52-49(36-20-8-3-9-21-36)53-51(54-50)56-46-29-13-11-27-42(46)44-31-30-43-41-26-10-12-28-45(41)55(47(43)48(44)56)40-25-15-23-38(33-40)35-18-6-2-7-19-35/h1-33H/i1D,3D,4D,5D,8D,9D,14D,16D,17D,20D,21D,24D,32D. The van der Waals surface area contributed by atoms with Gasteiger partial charge in [0.2, 0.25) is 5.95 Å². The Balaban J connectivity index is 1.30. The zero-order valence-electron chi connectivity index (χ0n) is 42.3. The molecule has 0 aliphatic rings. The monoisotopic (exact) mass is 728 g/mol. The van der Waals surface area contributed by atoms with Gasteiger partial charge in [0, 0.05) is 38.4 Å². The Bertz CT molecular complexity index is 3960. The molecule has 0 bridgehead atoms. The van der Waals surface area contributed by atoms with Crippen LogP contribution >= 0.6 is 0 Å². The summed E-state index contributed by atoms with van der Waals surface area (Å²) in [6.45, 7) is 0. The summed E-state index contributed by atoms with van der Waals surface area (Å²) in [6, 6.07) is 30.8. The average molecular weight is 729 g/mol. The number of hydrogen-bond donors (Lipinski definition) is 0. The van der Waals surface area contributed by atoms with E-state index >= 15 is 0 Å². The molecule has 0 unspecified atom stereocenters. The second kappa shape index (κ2) is 13.0. The molecule has 11 rings (SSSR count). The molecule has 8 aromatic carbocycles. The number of fused-ring (bicyclic) bond motifs is 7. The number of nitrogens with zero attached hydrogens (tertiary/aromatic N) is 5. The third kappa shape index (κ3) is 5.21. The molecular weight excluding hydrogens is 683 g/mol. The molecule has 0 N–H and O–H groups in total. The van der Waals surface area contributed by atoms with E-state index in [2.05, 4.69) is 21.7 Å². The van der Waals surface area contributed by atoms with E-state index in [1.54, 1.807) is 4.57 Å². The van der Waals surface area contributed by atoms with Crippen molar-refractivity contribution >= 4 is 43.6 Å². The van der Waals surface area contributed by atoms with E-state index in [-0.39, 0.29) is 22.6 Å². The van der Waals surface area contributed by atoms with Crippen LogP contribution in [0.5, 0.6) is 0 Å². The zero-order valence-corrected chi connectivity index (χ0v) is 29.3. The van der Waals surface area contributed by atoms with Crippen LogP contribution in [0.3, 0.4) is 0 Å². The third-order valence-corrected chi connectivity index (χ3v) is 9.89. The van der Waals surface area contributed by atoms with Gasteiger partial charge in [0.1, 0.15) is 0 Å². The molecule has 3 heterocycles. The highest BCUT2D eigenvalue weighted by molar-refractivity contribution is 6.23. The maximum absolute atomic E-state index is 9.57. The van der Waals surface area contributed by atoms with Crippen molar-refractivity contribution in [2.45, 2.75) is 0 Å². The Labute approximate surface area is 341 Å². The summed E-state index contributed by atoms with van der Waals surface area (Å²) in [4.78, 5) is 14.5. The largest absolute Gasteiger partial charge is 0.307 e. The lowest BCUT2D eigenvalue weighted by Crippen LogP contribution is -2.07. The summed E-state index contributed by atoms with van der Waals surface area (Å²) < 4.78 is 118. The highest BCUT2D eigenvalue weighted by Gasteiger charge is 2.23. The predicted molar refractivity (Wildman–Crippen MR) is 230 cm³/mol. The quantitative estimate of drug-likeness (QED) is 0.171. The normalized spacial score (nSPS) is 14.8. The number of hydrogen-bond acceptors (Lipinski definition) is 3. The maximum atomic E-state index is 9.57. The Kier molecular flexibility index (Phi) is 4.96. The van der Waals surface area contributed by atoms with Crippen LogP contribution in [0.4, 0.5) is 0 Å². The molecule has 5 nitrogen and oxygen atoms in total. The molecule has 0 fully saturated rings. The fourth-order valence-electron chi connectivity index (χ4n) is 7.50. The van der Waals surface area contributed by atoms with Crippen LogP contribution in [0.15, 0.2) is 200 Å². The summed E-state index contributed by atoms with van der Waals surface area (Å²) in [7, 11) is 0. The Morgan fingerprint density at radius 2 is 0.946 bits per heavy atom. The maximum Gasteiger partial charge on any atom is 0.238 e. The van der Waals surface area contributed by atoms with Gasteiger partial charge in [0.05, 0.1) is 39.9 Å². The highest BCUT2D eigenvalue weighted by Crippen LogP contribution is 2.42. The van der Waals surface area contributed by atoms with E-state index in [0.717, 1.165) is 55.5 Å². The van der Waals surface area contributed by atoms with E-state index in [1.165, 1.54) is 0 Å². The second-order valence-corrected chi connectivity index (χ2v) is 13.1. The average Bonchev–Trinajstić information content (AvgIpc) is 3.89. The lowest BCUT2D eigenvalue weighted by molar-refractivity contribution is 0.953. The highest BCUT2D eigenvalue weighted by atomic mass is 15.2. The number of rotatable bonds is 6. The molecule has 0 atom stereocenters. The van der Waals surface area contributed by atoms with Gasteiger partial charge >= 0.3 is 0 Å². The van der Waals surface area contributed by atoms with Gasteiger partial charge < -0.3 is 4.57 Å². The van der Waals surface area contributed by atoms with Crippen molar-refractivity contribution in [2.24, 2.45) is 0 Å². The topological polar surface area (TPSA) is 48.5 Å². The predicted octanol–water partition coefficient (Wildman–Crippen LogP) is 12.7. The van der Waals surface area contributed by atoms with Gasteiger partial charge in [-0.25, -0.2) is 4.98 Å². The first-order valence-corrected chi connectivity index (χ1v) is 17.8. The van der Waals surface area contributed by atoms with Crippen molar-refractivity contribution in [3.05, 3.63) is 200 Å². The van der Waals surface area contributed by atoms with Crippen molar-refractivity contribution in [2.75, 3.05) is 0 Å². The number of benzene rings is 8. The molecule has 3 aromatic heterocycles. The van der Waals surface area contributed by atoms with E-state index in [4.69, 9.17) is 25.0 Å². The van der Waals surface area contributed by atoms with Crippen LogP contribution in [0.25, 0.3) is 100 Å². The van der Waals surface area contributed by atoms with E-state index in [9.17, 15) is 2.74 Å². The molecule has 0 saturated carbocycles. The minimum Gasteiger partial charge on any atom is -0.307 e. The van der Waals surface area contributed by atoms with Crippen molar-refractivity contribution in [1.82, 2.24) is 24.1 Å². The SMILES string of the molecule is [2H]c1cc(-c2c([2H])c([2H])c([2H])c([2H])c2[2H])c([2H])c(-c2nc(-c3c([2H])c([2H])c([2H])c([2H])c3[2H])nc(-n3c4ccccc4c4ccc5c6ccccc6n(-c6cccc(-c7ccccc7)c6)c5c43)n2)c1[2H]. The third-order valence-electron chi connectivity index (χ3n) is 9.89. The molecule has 0 radical (unpaired) electrons. The molecule has 262 valence electrons. The smallest absolute Gasteiger partial charge is 0.238 e. The van der Waals surface area contributed by atoms with E-state index in [1.807, 2.05) is 103 Å². The zero-order chi connectivity index (χ0) is 48.3. The number of aromatic nitrogens is 5. The Morgan fingerprint density at radius 3 is 1.66 bits per heavy atom. The lowest BCUT2D eigenvalue weighted by Gasteiger charge is -2.14. The summed E-state index contributed by atoms with van der Waals surface area (Å²) in [5.74, 6) is -0.942. The van der Waals surface area contributed by atoms with Crippen molar-refractivity contribution in [3.63, 3.8) is 0 Å². The molecule has 5 heteroatoms. The van der Waals surface area contributed by atoms with Gasteiger partial charge in [-0.05, 0) is 52.6 Å². The van der Waals surface area contributed by atoms with Crippen LogP contribution in [-0.4, -0.2) is 24.1 Å². The van der Waals surface area contributed by atoms with Gasteiger partial charge in [-0.15, -0.1) is 0 Å². The van der Waals surface area contributed by atoms with Crippen LogP contribution in [0, 0.1) is 0 Å². The van der Waals surface area contributed by atoms with Crippen molar-refractivity contribution < 1.29 is 17.8 Å². The molecule has 0 saturated heterocycles. The van der Waals surface area contributed by atoms with Crippen LogP contribution in [-0.2, 0) is 0 Å². The molecule has 0 spiro atoms. The summed E-state index contributed by atoms with van der Waals surface area (Å²) in [6.07, 6.45) is 0. The van der Waals surface area contributed by atoms with Gasteiger partial charge in [-0.2, -0.15) is 9.97 Å². The van der Waals surface area contributed by atoms with Crippen LogP contribution in [0.2, 0.25) is 0 Å². The molecule has 11 aromatic rings.